The molecule has 1 saturated heterocycles. The quantitative estimate of drug-likeness (QED) is 0.918. The highest BCUT2D eigenvalue weighted by Crippen LogP contribution is 2.28. The maximum atomic E-state index is 12.5. The minimum absolute atomic E-state index is 0.294. The molecule has 0 bridgehead atoms. The number of anilines is 1. The monoisotopic (exact) mass is 273 g/mol. The second kappa shape index (κ2) is 5.77. The number of halogens is 3. The number of pyridine rings is 1. The van der Waals surface area contributed by atoms with E-state index in [9.17, 15) is 13.2 Å². The highest BCUT2D eigenvalue weighted by molar-refractivity contribution is 5.35. The molecule has 19 heavy (non-hydrogen) atoms. The average Bonchev–Trinajstić information content (AvgIpc) is 2.36. The minimum Gasteiger partial charge on any atom is -0.370 e. The SMILES string of the molecule is CN1CCCC(CNc2cccc(C(F)(F)F)n2)C1. The molecule has 0 amide bonds. The maximum Gasteiger partial charge on any atom is 0.433 e. The molecule has 1 N–H and O–H groups in total. The van der Waals surface area contributed by atoms with Gasteiger partial charge in [0.2, 0.25) is 0 Å². The van der Waals surface area contributed by atoms with Crippen molar-refractivity contribution in [3.63, 3.8) is 0 Å². The summed E-state index contributed by atoms with van der Waals surface area (Å²) in [5, 5.41) is 3.01. The van der Waals surface area contributed by atoms with Gasteiger partial charge in [-0.15, -0.1) is 0 Å². The van der Waals surface area contributed by atoms with Gasteiger partial charge in [0.25, 0.3) is 0 Å². The molecule has 1 atom stereocenters. The van der Waals surface area contributed by atoms with Crippen molar-refractivity contribution in [3.8, 4) is 0 Å². The zero-order chi connectivity index (χ0) is 13.9. The van der Waals surface area contributed by atoms with Crippen LogP contribution in [0.15, 0.2) is 18.2 Å². The molecule has 106 valence electrons. The zero-order valence-electron chi connectivity index (χ0n) is 10.9. The first kappa shape index (κ1) is 14.1. The number of likely N-dealkylation sites (tertiary alicyclic amines) is 1. The molecule has 0 spiro atoms. The van der Waals surface area contributed by atoms with Crippen LogP contribution in [-0.2, 0) is 6.18 Å². The number of rotatable bonds is 3. The van der Waals surface area contributed by atoms with Gasteiger partial charge in [0.15, 0.2) is 0 Å². The van der Waals surface area contributed by atoms with Crippen molar-refractivity contribution in [2.75, 3.05) is 32.0 Å². The smallest absolute Gasteiger partial charge is 0.370 e. The van der Waals surface area contributed by atoms with Crippen LogP contribution in [-0.4, -0.2) is 36.6 Å². The molecular formula is C13H18F3N3. The first-order valence-corrected chi connectivity index (χ1v) is 6.42. The summed E-state index contributed by atoms with van der Waals surface area (Å²) in [5.74, 6) is 0.762. The predicted octanol–water partition coefficient (Wildman–Crippen LogP) is 2.85. The van der Waals surface area contributed by atoms with Crippen LogP contribution in [0.3, 0.4) is 0 Å². The highest BCUT2D eigenvalue weighted by Gasteiger charge is 2.32. The van der Waals surface area contributed by atoms with Gasteiger partial charge in [-0.25, -0.2) is 4.98 Å². The molecule has 3 nitrogen and oxygen atoms in total. The van der Waals surface area contributed by atoms with Gasteiger partial charge in [0.05, 0.1) is 0 Å². The molecule has 1 aliphatic rings. The van der Waals surface area contributed by atoms with Crippen LogP contribution in [0.4, 0.5) is 19.0 Å². The van der Waals surface area contributed by atoms with Crippen molar-refractivity contribution in [3.05, 3.63) is 23.9 Å². The van der Waals surface area contributed by atoms with Crippen molar-refractivity contribution in [1.29, 1.82) is 0 Å². The van der Waals surface area contributed by atoms with Gasteiger partial charge in [0, 0.05) is 13.1 Å². The molecule has 0 radical (unpaired) electrons. The Balaban J connectivity index is 1.92. The summed E-state index contributed by atoms with van der Waals surface area (Å²) in [6.45, 7) is 2.74. The largest absolute Gasteiger partial charge is 0.433 e. The van der Waals surface area contributed by atoms with Gasteiger partial charge in [-0.2, -0.15) is 13.2 Å². The van der Waals surface area contributed by atoms with E-state index in [-0.39, 0.29) is 0 Å². The van der Waals surface area contributed by atoms with Gasteiger partial charge in [-0.05, 0) is 44.5 Å². The van der Waals surface area contributed by atoms with Crippen LogP contribution in [0.1, 0.15) is 18.5 Å². The lowest BCUT2D eigenvalue weighted by molar-refractivity contribution is -0.141. The first-order chi connectivity index (χ1) is 8.95. The number of aromatic nitrogens is 1. The van der Waals surface area contributed by atoms with E-state index in [4.69, 9.17) is 0 Å². The van der Waals surface area contributed by atoms with E-state index < -0.39 is 11.9 Å². The molecule has 1 aromatic rings. The normalized spacial score (nSPS) is 21.4. The number of hydrogen-bond donors (Lipinski definition) is 1. The lowest BCUT2D eigenvalue weighted by Crippen LogP contribution is -2.35. The third-order valence-corrected chi connectivity index (χ3v) is 3.33. The molecule has 2 rings (SSSR count). The lowest BCUT2D eigenvalue weighted by Gasteiger charge is -2.29. The van der Waals surface area contributed by atoms with Crippen LogP contribution in [0.2, 0.25) is 0 Å². The van der Waals surface area contributed by atoms with Crippen molar-refractivity contribution in [2.45, 2.75) is 19.0 Å². The van der Waals surface area contributed by atoms with E-state index >= 15 is 0 Å². The zero-order valence-corrected chi connectivity index (χ0v) is 10.9. The number of alkyl halides is 3. The summed E-state index contributed by atoms with van der Waals surface area (Å²) in [4.78, 5) is 5.84. The van der Waals surface area contributed by atoms with Crippen LogP contribution < -0.4 is 5.32 Å². The van der Waals surface area contributed by atoms with Gasteiger partial charge >= 0.3 is 6.18 Å². The van der Waals surface area contributed by atoms with Gasteiger partial charge in [-0.1, -0.05) is 6.07 Å². The number of piperidine rings is 1. The van der Waals surface area contributed by atoms with Crippen molar-refractivity contribution in [1.82, 2.24) is 9.88 Å². The van der Waals surface area contributed by atoms with E-state index in [0.717, 1.165) is 32.0 Å². The van der Waals surface area contributed by atoms with Gasteiger partial charge < -0.3 is 10.2 Å². The summed E-state index contributed by atoms with van der Waals surface area (Å²) in [6.07, 6.45) is -2.14. The summed E-state index contributed by atoms with van der Waals surface area (Å²) < 4.78 is 37.6. The number of nitrogens with zero attached hydrogens (tertiary/aromatic N) is 2. The summed E-state index contributed by atoms with van der Waals surface area (Å²) in [6, 6.07) is 3.94. The molecule has 2 heterocycles. The second-order valence-corrected chi connectivity index (χ2v) is 5.06. The Hall–Kier alpha value is -1.30. The van der Waals surface area contributed by atoms with Gasteiger partial charge in [-0.3, -0.25) is 0 Å². The van der Waals surface area contributed by atoms with Crippen LogP contribution in [0.25, 0.3) is 0 Å². The molecule has 1 aliphatic heterocycles. The predicted molar refractivity (Wildman–Crippen MR) is 67.9 cm³/mol. The maximum absolute atomic E-state index is 12.5. The van der Waals surface area contributed by atoms with Crippen LogP contribution in [0.5, 0.6) is 0 Å². The Labute approximate surface area is 110 Å². The summed E-state index contributed by atoms with van der Waals surface area (Å²) in [5.41, 5.74) is -0.849. The molecule has 1 aromatic heterocycles. The van der Waals surface area contributed by atoms with Crippen LogP contribution >= 0.6 is 0 Å². The third kappa shape index (κ3) is 4.09. The van der Waals surface area contributed by atoms with E-state index in [1.165, 1.54) is 6.07 Å². The molecule has 1 fully saturated rings. The van der Waals surface area contributed by atoms with Gasteiger partial charge in [0.1, 0.15) is 11.5 Å². The second-order valence-electron chi connectivity index (χ2n) is 5.06. The Bertz CT molecular complexity index is 420. The Morgan fingerprint density at radius 1 is 1.42 bits per heavy atom. The highest BCUT2D eigenvalue weighted by atomic mass is 19.4. The fraction of sp³-hybridized carbons (Fsp3) is 0.615. The average molecular weight is 273 g/mol. The lowest BCUT2D eigenvalue weighted by atomic mass is 9.98. The first-order valence-electron chi connectivity index (χ1n) is 6.42. The number of hydrogen-bond acceptors (Lipinski definition) is 3. The molecule has 0 saturated carbocycles. The third-order valence-electron chi connectivity index (χ3n) is 3.33. The van der Waals surface area contributed by atoms with E-state index in [1.807, 2.05) is 0 Å². The minimum atomic E-state index is -4.39. The molecule has 1 unspecified atom stereocenters. The Morgan fingerprint density at radius 2 is 2.21 bits per heavy atom. The summed E-state index contributed by atoms with van der Waals surface area (Å²) >= 11 is 0. The summed E-state index contributed by atoms with van der Waals surface area (Å²) in [7, 11) is 2.06. The molecule has 0 aromatic carbocycles. The molecular weight excluding hydrogens is 255 g/mol. The Morgan fingerprint density at radius 3 is 2.89 bits per heavy atom. The fourth-order valence-corrected chi connectivity index (χ4v) is 2.38. The number of nitrogens with one attached hydrogen (secondary N) is 1. The van der Waals surface area contributed by atoms with Crippen molar-refractivity contribution in [2.24, 2.45) is 5.92 Å². The van der Waals surface area contributed by atoms with E-state index in [2.05, 4.69) is 22.2 Å². The topological polar surface area (TPSA) is 28.2 Å². The fourth-order valence-electron chi connectivity index (χ4n) is 2.38. The molecule has 0 aliphatic carbocycles. The standard InChI is InChI=1S/C13H18F3N3/c1-19-7-3-4-10(9-19)8-17-12-6-2-5-11(18-12)13(14,15)16/h2,5-6,10H,3-4,7-9H2,1H3,(H,17,18). The molecule has 6 heteroatoms. The van der Waals surface area contributed by atoms with Crippen molar-refractivity contribution < 1.29 is 13.2 Å². The van der Waals surface area contributed by atoms with E-state index in [1.54, 1.807) is 6.07 Å². The van der Waals surface area contributed by atoms with E-state index in [0.29, 0.717) is 18.3 Å². The van der Waals surface area contributed by atoms with Crippen LogP contribution in [0, 0.1) is 5.92 Å². The van der Waals surface area contributed by atoms with Crippen molar-refractivity contribution >= 4 is 5.82 Å². The Kier molecular flexibility index (Phi) is 4.29.